The van der Waals surface area contributed by atoms with E-state index in [-0.39, 0.29) is 24.0 Å². The number of carbonyl (C=O) groups is 1. The van der Waals surface area contributed by atoms with Crippen molar-refractivity contribution in [2.24, 2.45) is 0 Å². The maximum atomic E-state index is 12.2. The average Bonchev–Trinajstić information content (AvgIpc) is 2.92. The van der Waals surface area contributed by atoms with Gasteiger partial charge in [-0.25, -0.2) is 0 Å². The maximum Gasteiger partial charge on any atom is 0.221 e. The summed E-state index contributed by atoms with van der Waals surface area (Å²) >= 11 is 0. The van der Waals surface area contributed by atoms with Crippen molar-refractivity contribution >= 4 is 5.91 Å². The predicted molar refractivity (Wildman–Crippen MR) is 79.6 cm³/mol. The summed E-state index contributed by atoms with van der Waals surface area (Å²) in [5.74, 6) is 0.0843. The molecule has 0 aromatic heterocycles. The molecule has 3 atom stereocenters. The van der Waals surface area contributed by atoms with Crippen molar-refractivity contribution in [2.75, 3.05) is 20.2 Å². The van der Waals surface area contributed by atoms with E-state index < -0.39 is 0 Å². The first-order chi connectivity index (χ1) is 9.74. The molecule has 108 valence electrons. The number of methoxy groups -OCH3 is 1. The Hall–Kier alpha value is -1.65. The van der Waals surface area contributed by atoms with Gasteiger partial charge in [-0.2, -0.15) is 0 Å². The molecule has 2 N–H and O–H groups in total. The van der Waals surface area contributed by atoms with Crippen molar-refractivity contribution in [1.29, 1.82) is 0 Å². The lowest BCUT2D eigenvalue weighted by Crippen LogP contribution is -2.43. The Morgan fingerprint density at radius 2 is 2.25 bits per heavy atom. The minimum atomic E-state index is 0.0366. The summed E-state index contributed by atoms with van der Waals surface area (Å²) in [5, 5.41) is 6.26. The zero-order chi connectivity index (χ0) is 14.4. The molecular weight excluding hydrogens is 252 g/mol. The Bertz CT molecular complexity index is 447. The van der Waals surface area contributed by atoms with Gasteiger partial charge in [0.1, 0.15) is 0 Å². The molecule has 0 saturated carbocycles. The summed E-state index contributed by atoms with van der Waals surface area (Å²) in [5.41, 5.74) is 1.12. The molecule has 4 nitrogen and oxygen atoms in total. The van der Waals surface area contributed by atoms with Gasteiger partial charge >= 0.3 is 0 Å². The minimum Gasteiger partial charge on any atom is -0.378 e. The lowest BCUT2D eigenvalue weighted by Gasteiger charge is -2.20. The fraction of sp³-hybridized carbons (Fsp3) is 0.438. The van der Waals surface area contributed by atoms with Crippen LogP contribution in [0, 0.1) is 0 Å². The second-order valence-electron chi connectivity index (χ2n) is 5.06. The van der Waals surface area contributed by atoms with Crippen molar-refractivity contribution < 1.29 is 9.53 Å². The third kappa shape index (κ3) is 3.68. The number of benzene rings is 1. The quantitative estimate of drug-likeness (QED) is 0.772. The summed E-state index contributed by atoms with van der Waals surface area (Å²) in [7, 11) is 1.67. The molecule has 1 amide bonds. The van der Waals surface area contributed by atoms with Crippen molar-refractivity contribution in [2.45, 2.75) is 24.5 Å². The van der Waals surface area contributed by atoms with Crippen LogP contribution in [-0.4, -0.2) is 38.3 Å². The summed E-state index contributed by atoms with van der Waals surface area (Å²) in [6.45, 7) is 5.38. The minimum absolute atomic E-state index is 0.0366. The van der Waals surface area contributed by atoms with E-state index in [9.17, 15) is 4.79 Å². The van der Waals surface area contributed by atoms with Crippen LogP contribution < -0.4 is 10.6 Å². The number of carbonyl (C=O) groups excluding carboxylic acids is 1. The summed E-state index contributed by atoms with van der Waals surface area (Å²) in [6, 6.07) is 10.0. The molecule has 0 bridgehead atoms. The van der Waals surface area contributed by atoms with Crippen LogP contribution in [0.1, 0.15) is 17.9 Å². The number of rotatable bonds is 6. The van der Waals surface area contributed by atoms with Gasteiger partial charge in [0, 0.05) is 32.5 Å². The van der Waals surface area contributed by atoms with Crippen LogP contribution >= 0.6 is 0 Å². The van der Waals surface area contributed by atoms with Gasteiger partial charge in [-0.1, -0.05) is 36.4 Å². The molecule has 1 saturated heterocycles. The molecule has 4 heteroatoms. The molecule has 1 fully saturated rings. The highest BCUT2D eigenvalue weighted by Crippen LogP contribution is 2.20. The molecule has 1 aliphatic heterocycles. The number of nitrogens with one attached hydrogen (secondary N) is 2. The third-order valence-electron chi connectivity index (χ3n) is 3.73. The second-order valence-corrected chi connectivity index (χ2v) is 5.06. The zero-order valence-electron chi connectivity index (χ0n) is 11.8. The van der Waals surface area contributed by atoms with Crippen molar-refractivity contribution in [3.05, 3.63) is 48.6 Å². The highest BCUT2D eigenvalue weighted by molar-refractivity contribution is 5.77. The molecule has 1 aliphatic rings. The van der Waals surface area contributed by atoms with Gasteiger partial charge in [-0.15, -0.1) is 6.58 Å². The maximum absolute atomic E-state index is 12.2. The summed E-state index contributed by atoms with van der Waals surface area (Å²) in [6.07, 6.45) is 2.30. The molecule has 1 heterocycles. The van der Waals surface area contributed by atoms with E-state index in [1.807, 2.05) is 36.4 Å². The van der Waals surface area contributed by atoms with Gasteiger partial charge in [0.2, 0.25) is 5.91 Å². The molecule has 1 aromatic carbocycles. The normalized spacial score (nSPS) is 23.2. The van der Waals surface area contributed by atoms with E-state index in [1.54, 1.807) is 7.11 Å². The second kappa shape index (κ2) is 7.22. The zero-order valence-corrected chi connectivity index (χ0v) is 11.8. The van der Waals surface area contributed by atoms with Crippen molar-refractivity contribution in [3.63, 3.8) is 0 Å². The van der Waals surface area contributed by atoms with Crippen LogP contribution in [-0.2, 0) is 9.53 Å². The van der Waals surface area contributed by atoms with Crippen molar-refractivity contribution in [3.8, 4) is 0 Å². The molecule has 2 rings (SSSR count). The van der Waals surface area contributed by atoms with Crippen LogP contribution in [0.5, 0.6) is 0 Å². The molecule has 0 radical (unpaired) electrons. The monoisotopic (exact) mass is 274 g/mol. The molecule has 0 spiro atoms. The number of hydrogen-bond donors (Lipinski definition) is 2. The van der Waals surface area contributed by atoms with Crippen LogP contribution in [0.3, 0.4) is 0 Å². The first-order valence-electron chi connectivity index (χ1n) is 6.95. The standard InChI is InChI=1S/C16H22N2O2/c1-3-12(13-7-5-4-6-8-13)9-16(19)18-14-10-17-11-15(14)20-2/h3-8,12,14-15,17H,1,9-11H2,2H3,(H,18,19)/t12-,14-,15-/m0/s1. The van der Waals surface area contributed by atoms with Crippen LogP contribution in [0.4, 0.5) is 0 Å². The number of ether oxygens (including phenoxy) is 1. The first-order valence-corrected chi connectivity index (χ1v) is 6.95. The Kier molecular flexibility index (Phi) is 5.32. The molecular formula is C16H22N2O2. The fourth-order valence-electron chi connectivity index (χ4n) is 2.55. The fourth-order valence-corrected chi connectivity index (χ4v) is 2.55. The topological polar surface area (TPSA) is 50.4 Å². The smallest absolute Gasteiger partial charge is 0.221 e. The third-order valence-corrected chi connectivity index (χ3v) is 3.73. The lowest BCUT2D eigenvalue weighted by atomic mass is 9.95. The van der Waals surface area contributed by atoms with E-state index in [1.165, 1.54) is 0 Å². The predicted octanol–water partition coefficient (Wildman–Crippen LogP) is 1.45. The first kappa shape index (κ1) is 14.8. The van der Waals surface area contributed by atoms with E-state index >= 15 is 0 Å². The number of hydrogen-bond acceptors (Lipinski definition) is 3. The van der Waals surface area contributed by atoms with Gasteiger partial charge < -0.3 is 15.4 Å². The van der Waals surface area contributed by atoms with E-state index in [0.29, 0.717) is 6.42 Å². The van der Waals surface area contributed by atoms with Gasteiger partial charge in [-0.05, 0) is 5.56 Å². The number of amides is 1. The van der Waals surface area contributed by atoms with Gasteiger partial charge in [-0.3, -0.25) is 4.79 Å². The highest BCUT2D eigenvalue weighted by Gasteiger charge is 2.28. The van der Waals surface area contributed by atoms with Gasteiger partial charge in [0.15, 0.2) is 0 Å². The summed E-state index contributed by atoms with van der Waals surface area (Å²) in [4.78, 5) is 12.2. The van der Waals surface area contributed by atoms with E-state index in [2.05, 4.69) is 17.2 Å². The Morgan fingerprint density at radius 1 is 1.50 bits per heavy atom. The SMILES string of the molecule is C=C[C@@H](CC(=O)N[C@H]1CNC[C@@H]1OC)c1ccccc1. The van der Waals surface area contributed by atoms with Crippen molar-refractivity contribution in [1.82, 2.24) is 10.6 Å². The van der Waals surface area contributed by atoms with Crippen LogP contribution in [0.25, 0.3) is 0 Å². The molecule has 0 aliphatic carbocycles. The average molecular weight is 274 g/mol. The van der Waals surface area contributed by atoms with Gasteiger partial charge in [0.25, 0.3) is 0 Å². The van der Waals surface area contributed by atoms with Crippen LogP contribution in [0.2, 0.25) is 0 Å². The summed E-state index contributed by atoms with van der Waals surface area (Å²) < 4.78 is 5.34. The van der Waals surface area contributed by atoms with Crippen LogP contribution in [0.15, 0.2) is 43.0 Å². The lowest BCUT2D eigenvalue weighted by molar-refractivity contribution is -0.122. The number of allylic oxidation sites excluding steroid dienone is 1. The Labute approximate surface area is 120 Å². The largest absolute Gasteiger partial charge is 0.378 e. The molecule has 0 unspecified atom stereocenters. The Balaban J connectivity index is 1.91. The van der Waals surface area contributed by atoms with E-state index in [4.69, 9.17) is 4.74 Å². The van der Waals surface area contributed by atoms with E-state index in [0.717, 1.165) is 18.7 Å². The molecule has 1 aromatic rings. The highest BCUT2D eigenvalue weighted by atomic mass is 16.5. The Morgan fingerprint density at radius 3 is 2.90 bits per heavy atom. The molecule has 20 heavy (non-hydrogen) atoms. The van der Waals surface area contributed by atoms with Gasteiger partial charge in [0.05, 0.1) is 12.1 Å².